The number of benzene rings is 1. The van der Waals surface area contributed by atoms with Crippen molar-refractivity contribution in [2.45, 2.75) is 12.8 Å². The van der Waals surface area contributed by atoms with Gasteiger partial charge in [-0.15, -0.1) is 0 Å². The summed E-state index contributed by atoms with van der Waals surface area (Å²) in [5, 5.41) is 1.18. The Morgan fingerprint density at radius 1 is 1.19 bits per heavy atom. The summed E-state index contributed by atoms with van der Waals surface area (Å²) in [6.45, 7) is 0. The van der Waals surface area contributed by atoms with Crippen LogP contribution < -0.4 is 0 Å². The fourth-order valence-corrected chi connectivity index (χ4v) is 2.52. The second-order valence-electron chi connectivity index (χ2n) is 4.26. The highest BCUT2D eigenvalue weighted by atomic mass is 16.3. The number of hydrogen-bond donors (Lipinski definition) is 1. The maximum atomic E-state index is 5.91. The smallest absolute Gasteiger partial charge is 0.160 e. The molecule has 1 N–H and O–H groups in total. The van der Waals surface area contributed by atoms with E-state index in [1.54, 1.807) is 0 Å². The molecule has 2 aromatic heterocycles. The van der Waals surface area contributed by atoms with Crippen LogP contribution in [-0.2, 0) is 6.42 Å². The minimum atomic E-state index is 0.963. The van der Waals surface area contributed by atoms with E-state index in [9.17, 15) is 0 Å². The molecule has 2 heteroatoms. The van der Waals surface area contributed by atoms with E-state index in [2.05, 4.69) is 23.2 Å². The van der Waals surface area contributed by atoms with Crippen LogP contribution in [0.2, 0.25) is 0 Å². The maximum absolute atomic E-state index is 5.91. The number of fused-ring (bicyclic) bond motifs is 5. The molecule has 0 amide bonds. The summed E-state index contributed by atoms with van der Waals surface area (Å²) in [5.41, 5.74) is 5.66. The zero-order valence-corrected chi connectivity index (χ0v) is 8.79. The first-order valence-corrected chi connectivity index (χ1v) is 5.62. The molecule has 0 saturated carbocycles. The van der Waals surface area contributed by atoms with Crippen molar-refractivity contribution >= 4 is 28.1 Å². The van der Waals surface area contributed by atoms with Crippen LogP contribution >= 0.6 is 0 Å². The number of allylic oxidation sites excluding steroid dienone is 1. The van der Waals surface area contributed by atoms with Gasteiger partial charge < -0.3 is 9.40 Å². The highest BCUT2D eigenvalue weighted by molar-refractivity contribution is 6.06. The molecule has 4 rings (SSSR count). The number of H-pyrrole nitrogens is 1. The van der Waals surface area contributed by atoms with E-state index in [0.29, 0.717) is 0 Å². The largest absolute Gasteiger partial charge is 0.454 e. The van der Waals surface area contributed by atoms with Crippen molar-refractivity contribution in [2.24, 2.45) is 0 Å². The van der Waals surface area contributed by atoms with Gasteiger partial charge >= 0.3 is 0 Å². The van der Waals surface area contributed by atoms with Gasteiger partial charge in [0.05, 0.1) is 5.52 Å². The number of nitrogens with one attached hydrogen (secondary N) is 1. The number of rotatable bonds is 0. The fourth-order valence-electron chi connectivity index (χ4n) is 2.52. The lowest BCUT2D eigenvalue weighted by molar-refractivity contribution is 0.668. The van der Waals surface area contributed by atoms with Crippen LogP contribution in [0.25, 0.3) is 28.1 Å². The standard InChI is InChI=1S/C14H11NO/c1-3-7-11-9(5-1)14-13(15-11)10-6-2-4-8-12(10)16-14/h1-2,4-6,8,15H,3,7H2. The van der Waals surface area contributed by atoms with Crippen molar-refractivity contribution in [1.82, 2.24) is 4.98 Å². The zero-order valence-electron chi connectivity index (χ0n) is 8.79. The highest BCUT2D eigenvalue weighted by Gasteiger charge is 2.17. The number of furan rings is 1. The van der Waals surface area contributed by atoms with Crippen LogP contribution in [0.15, 0.2) is 34.8 Å². The molecule has 78 valence electrons. The van der Waals surface area contributed by atoms with E-state index < -0.39 is 0 Å². The Morgan fingerprint density at radius 3 is 3.12 bits per heavy atom. The monoisotopic (exact) mass is 209 g/mol. The molecule has 0 bridgehead atoms. The van der Waals surface area contributed by atoms with Gasteiger partial charge in [-0.1, -0.05) is 24.3 Å². The number of hydrogen-bond acceptors (Lipinski definition) is 1. The lowest BCUT2D eigenvalue weighted by atomic mass is 10.1. The van der Waals surface area contributed by atoms with Crippen LogP contribution in [0, 0.1) is 0 Å². The average Bonchev–Trinajstić information content (AvgIpc) is 2.85. The minimum Gasteiger partial charge on any atom is -0.454 e. The molecule has 1 aromatic carbocycles. The van der Waals surface area contributed by atoms with Gasteiger partial charge in [-0.3, -0.25) is 0 Å². The summed E-state index contributed by atoms with van der Waals surface area (Å²) in [6, 6.07) is 8.18. The molecule has 0 spiro atoms. The number of aromatic nitrogens is 1. The molecule has 2 heterocycles. The Labute approximate surface area is 92.6 Å². The number of aromatic amines is 1. The predicted molar refractivity (Wildman–Crippen MR) is 65.4 cm³/mol. The maximum Gasteiger partial charge on any atom is 0.160 e. The van der Waals surface area contributed by atoms with Gasteiger partial charge in [-0.25, -0.2) is 0 Å². The Balaban J connectivity index is 2.21. The van der Waals surface area contributed by atoms with Crippen LogP contribution in [0.5, 0.6) is 0 Å². The second kappa shape index (κ2) is 2.79. The van der Waals surface area contributed by atoms with Crippen molar-refractivity contribution in [3.8, 4) is 0 Å². The topological polar surface area (TPSA) is 28.9 Å². The van der Waals surface area contributed by atoms with Gasteiger partial charge in [-0.05, 0) is 25.0 Å². The lowest BCUT2D eigenvalue weighted by Gasteiger charge is -2.02. The van der Waals surface area contributed by atoms with Crippen molar-refractivity contribution in [2.75, 3.05) is 0 Å². The quantitative estimate of drug-likeness (QED) is 0.598. The number of aryl methyl sites for hydroxylation is 1. The van der Waals surface area contributed by atoms with Crippen molar-refractivity contribution < 1.29 is 4.42 Å². The zero-order chi connectivity index (χ0) is 10.5. The predicted octanol–water partition coefficient (Wildman–Crippen LogP) is 3.87. The summed E-state index contributed by atoms with van der Waals surface area (Å²) < 4.78 is 5.91. The molecule has 1 aliphatic carbocycles. The molecule has 2 nitrogen and oxygen atoms in total. The van der Waals surface area contributed by atoms with Gasteiger partial charge in [-0.2, -0.15) is 0 Å². The Morgan fingerprint density at radius 2 is 2.12 bits per heavy atom. The molecule has 0 saturated heterocycles. The van der Waals surface area contributed by atoms with E-state index >= 15 is 0 Å². The van der Waals surface area contributed by atoms with Crippen molar-refractivity contribution in [1.29, 1.82) is 0 Å². The van der Waals surface area contributed by atoms with Gasteiger partial charge in [0.1, 0.15) is 5.58 Å². The van der Waals surface area contributed by atoms with Crippen LogP contribution in [0.4, 0.5) is 0 Å². The summed E-state index contributed by atoms with van der Waals surface area (Å²) in [6.07, 6.45) is 6.58. The number of para-hydroxylation sites is 1. The van der Waals surface area contributed by atoms with Crippen molar-refractivity contribution in [3.63, 3.8) is 0 Å². The third-order valence-electron chi connectivity index (χ3n) is 3.29. The Bertz CT molecular complexity index is 715. The molecular weight excluding hydrogens is 198 g/mol. The third-order valence-corrected chi connectivity index (χ3v) is 3.29. The van der Waals surface area contributed by atoms with E-state index in [-0.39, 0.29) is 0 Å². The highest BCUT2D eigenvalue weighted by Crippen LogP contribution is 2.34. The molecular formula is C14H11NO. The molecule has 0 fully saturated rings. The van der Waals surface area contributed by atoms with Crippen LogP contribution in [0.1, 0.15) is 17.7 Å². The first-order chi connectivity index (χ1) is 7.93. The second-order valence-corrected chi connectivity index (χ2v) is 4.26. The molecule has 0 aliphatic heterocycles. The first kappa shape index (κ1) is 8.22. The molecule has 0 unspecified atom stereocenters. The summed E-state index contributed by atoms with van der Waals surface area (Å²) in [4.78, 5) is 3.49. The van der Waals surface area contributed by atoms with E-state index in [1.165, 1.54) is 16.6 Å². The summed E-state index contributed by atoms with van der Waals surface area (Å²) in [5.74, 6) is 0. The third kappa shape index (κ3) is 0.915. The summed E-state index contributed by atoms with van der Waals surface area (Å²) >= 11 is 0. The van der Waals surface area contributed by atoms with Gasteiger partial charge in [0.15, 0.2) is 5.58 Å². The summed E-state index contributed by atoms with van der Waals surface area (Å²) in [7, 11) is 0. The first-order valence-electron chi connectivity index (χ1n) is 5.62. The molecule has 0 radical (unpaired) electrons. The lowest BCUT2D eigenvalue weighted by Crippen LogP contribution is -1.90. The van der Waals surface area contributed by atoms with Gasteiger partial charge in [0.25, 0.3) is 0 Å². The SMILES string of the molecule is C1=Cc2c([nH]c3c2oc2ccccc23)CC1. The average molecular weight is 209 g/mol. The molecule has 0 atom stereocenters. The van der Waals surface area contributed by atoms with E-state index in [0.717, 1.165) is 29.5 Å². The Kier molecular flexibility index (Phi) is 1.43. The van der Waals surface area contributed by atoms with Crippen molar-refractivity contribution in [3.05, 3.63) is 41.6 Å². The molecule has 3 aromatic rings. The Hall–Kier alpha value is -1.96. The molecule has 16 heavy (non-hydrogen) atoms. The van der Waals surface area contributed by atoms with E-state index in [1.807, 2.05) is 18.2 Å². The van der Waals surface area contributed by atoms with Crippen LogP contribution in [-0.4, -0.2) is 4.98 Å². The minimum absolute atomic E-state index is 0.963. The van der Waals surface area contributed by atoms with E-state index in [4.69, 9.17) is 4.42 Å². The molecule has 1 aliphatic rings. The van der Waals surface area contributed by atoms with Gasteiger partial charge in [0.2, 0.25) is 0 Å². The fraction of sp³-hybridized carbons (Fsp3) is 0.143. The normalized spacial score (nSPS) is 14.8. The van der Waals surface area contributed by atoms with Gasteiger partial charge in [0, 0.05) is 16.6 Å². The van der Waals surface area contributed by atoms with Crippen LogP contribution in [0.3, 0.4) is 0 Å².